The molecule has 0 fully saturated rings. The minimum Gasteiger partial charge on any atom is -0.296 e. The van der Waals surface area contributed by atoms with E-state index in [1.165, 1.54) is 0 Å². The van der Waals surface area contributed by atoms with E-state index >= 15 is 0 Å². The molecule has 2 rings (SSSR count). The number of rotatable bonds is 1. The van der Waals surface area contributed by atoms with Gasteiger partial charge in [-0.3, -0.25) is 9.36 Å². The highest BCUT2D eigenvalue weighted by atomic mass is 35.5. The Balaban J connectivity index is 0.000000980. The molecule has 0 aliphatic carbocycles. The summed E-state index contributed by atoms with van der Waals surface area (Å²) in [6.07, 6.45) is 2.81. The van der Waals surface area contributed by atoms with Gasteiger partial charge in [0.25, 0.3) is 5.56 Å². The Labute approximate surface area is 89.6 Å². The molecule has 0 bridgehead atoms. The SMILES string of the molecule is CCc1c(C)nc2n(c1=O)CCC2.Cl. The molecule has 2 heterocycles. The van der Waals surface area contributed by atoms with Gasteiger partial charge in [0, 0.05) is 24.2 Å². The summed E-state index contributed by atoms with van der Waals surface area (Å²) in [7, 11) is 0. The van der Waals surface area contributed by atoms with E-state index in [0.717, 1.165) is 42.9 Å². The predicted octanol–water partition coefficient (Wildman–Crippen LogP) is 1.48. The molecule has 14 heavy (non-hydrogen) atoms. The molecule has 0 N–H and O–H groups in total. The second-order valence-electron chi connectivity index (χ2n) is 3.51. The Morgan fingerprint density at radius 1 is 1.50 bits per heavy atom. The smallest absolute Gasteiger partial charge is 0.256 e. The van der Waals surface area contributed by atoms with Gasteiger partial charge in [0.15, 0.2) is 0 Å². The first-order valence-corrected chi connectivity index (χ1v) is 4.83. The van der Waals surface area contributed by atoms with Gasteiger partial charge in [0.05, 0.1) is 0 Å². The zero-order chi connectivity index (χ0) is 9.42. The summed E-state index contributed by atoms with van der Waals surface area (Å²) in [5.41, 5.74) is 1.98. The van der Waals surface area contributed by atoms with Crippen LogP contribution in [0.2, 0.25) is 0 Å². The molecule has 0 atom stereocenters. The summed E-state index contributed by atoms with van der Waals surface area (Å²) in [5.74, 6) is 0.972. The summed E-state index contributed by atoms with van der Waals surface area (Å²) in [5, 5.41) is 0. The van der Waals surface area contributed by atoms with Crippen LogP contribution in [0.15, 0.2) is 4.79 Å². The summed E-state index contributed by atoms with van der Waals surface area (Å²) in [4.78, 5) is 16.3. The number of hydrogen-bond donors (Lipinski definition) is 0. The zero-order valence-electron chi connectivity index (χ0n) is 8.54. The van der Waals surface area contributed by atoms with E-state index in [0.29, 0.717) is 0 Å². The van der Waals surface area contributed by atoms with Gasteiger partial charge in [-0.05, 0) is 19.8 Å². The maximum Gasteiger partial charge on any atom is 0.256 e. The molecule has 0 saturated heterocycles. The number of halogens is 1. The van der Waals surface area contributed by atoms with Crippen molar-refractivity contribution >= 4 is 12.4 Å². The van der Waals surface area contributed by atoms with Crippen LogP contribution in [-0.2, 0) is 19.4 Å². The van der Waals surface area contributed by atoms with E-state index in [2.05, 4.69) is 4.98 Å². The highest BCUT2D eigenvalue weighted by molar-refractivity contribution is 5.85. The zero-order valence-corrected chi connectivity index (χ0v) is 9.36. The number of hydrogen-bond acceptors (Lipinski definition) is 2. The molecular weight excluding hydrogens is 200 g/mol. The lowest BCUT2D eigenvalue weighted by Gasteiger charge is -2.07. The van der Waals surface area contributed by atoms with Gasteiger partial charge >= 0.3 is 0 Å². The molecule has 0 unspecified atom stereocenters. The first kappa shape index (κ1) is 11.2. The van der Waals surface area contributed by atoms with Crippen LogP contribution in [0.5, 0.6) is 0 Å². The molecule has 4 heteroatoms. The average Bonchev–Trinajstić information content (AvgIpc) is 2.53. The fourth-order valence-electron chi connectivity index (χ4n) is 1.98. The van der Waals surface area contributed by atoms with Crippen molar-refractivity contribution in [2.24, 2.45) is 0 Å². The maximum absolute atomic E-state index is 11.8. The highest BCUT2D eigenvalue weighted by Gasteiger charge is 2.16. The first-order chi connectivity index (χ1) is 6.24. The fourth-order valence-corrected chi connectivity index (χ4v) is 1.98. The topological polar surface area (TPSA) is 34.9 Å². The summed E-state index contributed by atoms with van der Waals surface area (Å²) in [6, 6.07) is 0. The molecule has 0 spiro atoms. The Kier molecular flexibility index (Phi) is 3.32. The Bertz CT molecular complexity index is 391. The normalized spacial score (nSPS) is 13.6. The van der Waals surface area contributed by atoms with Crippen LogP contribution in [0.25, 0.3) is 0 Å². The van der Waals surface area contributed by atoms with E-state index in [1.807, 2.05) is 18.4 Å². The molecule has 1 aromatic heterocycles. The molecule has 0 saturated carbocycles. The molecule has 1 aliphatic rings. The Morgan fingerprint density at radius 2 is 2.21 bits per heavy atom. The number of nitrogens with zero attached hydrogens (tertiary/aromatic N) is 2. The van der Waals surface area contributed by atoms with Crippen molar-refractivity contribution < 1.29 is 0 Å². The van der Waals surface area contributed by atoms with E-state index in [1.54, 1.807) is 0 Å². The maximum atomic E-state index is 11.8. The third kappa shape index (κ3) is 1.57. The van der Waals surface area contributed by atoms with E-state index in [9.17, 15) is 4.79 Å². The molecule has 0 aromatic carbocycles. The summed E-state index contributed by atoms with van der Waals surface area (Å²) < 4.78 is 1.83. The second kappa shape index (κ2) is 4.13. The van der Waals surface area contributed by atoms with Gasteiger partial charge in [-0.2, -0.15) is 0 Å². The van der Waals surface area contributed by atoms with Gasteiger partial charge in [0.2, 0.25) is 0 Å². The molecule has 0 radical (unpaired) electrons. The number of fused-ring (bicyclic) bond motifs is 1. The third-order valence-electron chi connectivity index (χ3n) is 2.68. The molecule has 1 aliphatic heterocycles. The van der Waals surface area contributed by atoms with Crippen LogP contribution in [0, 0.1) is 6.92 Å². The van der Waals surface area contributed by atoms with Crippen LogP contribution < -0.4 is 5.56 Å². The highest BCUT2D eigenvalue weighted by Crippen LogP contribution is 2.11. The Morgan fingerprint density at radius 3 is 2.86 bits per heavy atom. The van der Waals surface area contributed by atoms with E-state index in [-0.39, 0.29) is 18.0 Å². The van der Waals surface area contributed by atoms with Crippen molar-refractivity contribution in [2.75, 3.05) is 0 Å². The van der Waals surface area contributed by atoms with Gasteiger partial charge < -0.3 is 0 Å². The minimum absolute atomic E-state index is 0. The van der Waals surface area contributed by atoms with Crippen molar-refractivity contribution in [3.05, 3.63) is 27.4 Å². The standard InChI is InChI=1S/C10H14N2O.ClH/c1-3-8-7(2)11-9-5-4-6-12(9)10(8)13;/h3-6H2,1-2H3;1H. The van der Waals surface area contributed by atoms with Gasteiger partial charge in [-0.1, -0.05) is 6.92 Å². The predicted molar refractivity (Wildman–Crippen MR) is 58.2 cm³/mol. The molecule has 78 valence electrons. The lowest BCUT2D eigenvalue weighted by Crippen LogP contribution is -2.25. The van der Waals surface area contributed by atoms with Gasteiger partial charge in [-0.25, -0.2) is 4.98 Å². The average molecular weight is 215 g/mol. The van der Waals surface area contributed by atoms with Crippen molar-refractivity contribution in [3.63, 3.8) is 0 Å². The quantitative estimate of drug-likeness (QED) is 0.710. The first-order valence-electron chi connectivity index (χ1n) is 4.83. The van der Waals surface area contributed by atoms with Crippen molar-refractivity contribution in [1.29, 1.82) is 0 Å². The van der Waals surface area contributed by atoms with Gasteiger partial charge in [0.1, 0.15) is 5.82 Å². The fraction of sp³-hybridized carbons (Fsp3) is 0.600. The lowest BCUT2D eigenvalue weighted by molar-refractivity contribution is 0.695. The van der Waals surface area contributed by atoms with Crippen LogP contribution in [0.1, 0.15) is 30.4 Å². The van der Waals surface area contributed by atoms with E-state index < -0.39 is 0 Å². The summed E-state index contributed by atoms with van der Waals surface area (Å²) >= 11 is 0. The van der Waals surface area contributed by atoms with Gasteiger partial charge in [-0.15, -0.1) is 12.4 Å². The monoisotopic (exact) mass is 214 g/mol. The van der Waals surface area contributed by atoms with Crippen LogP contribution in [-0.4, -0.2) is 9.55 Å². The largest absolute Gasteiger partial charge is 0.296 e. The second-order valence-corrected chi connectivity index (χ2v) is 3.51. The molecule has 3 nitrogen and oxygen atoms in total. The molecule has 1 aromatic rings. The van der Waals surface area contributed by atoms with Crippen molar-refractivity contribution in [1.82, 2.24) is 9.55 Å². The lowest BCUT2D eigenvalue weighted by atomic mass is 10.2. The minimum atomic E-state index is 0. The molecule has 0 amide bonds. The molecular formula is C10H15ClN2O. The van der Waals surface area contributed by atoms with Crippen molar-refractivity contribution in [3.8, 4) is 0 Å². The third-order valence-corrected chi connectivity index (χ3v) is 2.68. The van der Waals surface area contributed by atoms with E-state index in [4.69, 9.17) is 0 Å². The van der Waals surface area contributed by atoms with Crippen molar-refractivity contribution in [2.45, 2.75) is 39.7 Å². The summed E-state index contributed by atoms with van der Waals surface area (Å²) in [6.45, 7) is 4.79. The van der Waals surface area contributed by atoms with Crippen LogP contribution >= 0.6 is 12.4 Å². The number of aromatic nitrogens is 2. The number of aryl methyl sites for hydroxylation is 2. The van der Waals surface area contributed by atoms with Crippen LogP contribution in [0.3, 0.4) is 0 Å². The Hall–Kier alpha value is -0.830. The van der Waals surface area contributed by atoms with Crippen LogP contribution in [0.4, 0.5) is 0 Å².